The summed E-state index contributed by atoms with van der Waals surface area (Å²) in [5.74, 6) is 4.07. The van der Waals surface area contributed by atoms with Crippen LogP contribution in [0.1, 0.15) is 16.1 Å². The van der Waals surface area contributed by atoms with E-state index in [-0.39, 0.29) is 5.91 Å². The summed E-state index contributed by atoms with van der Waals surface area (Å²) in [6.07, 6.45) is 1.46. The average molecular weight is 272 g/mol. The number of hydrogen-bond acceptors (Lipinski definition) is 5. The fourth-order valence-electron chi connectivity index (χ4n) is 1.57. The number of carbonyl (C=O) groups is 1. The number of thioether (sulfide) groups is 2. The fourth-order valence-corrected chi connectivity index (χ4v) is 4.18. The molecule has 1 aliphatic rings. The molecule has 94 valence electrons. The van der Waals surface area contributed by atoms with Crippen LogP contribution in [0.3, 0.4) is 0 Å². The van der Waals surface area contributed by atoms with Crippen molar-refractivity contribution in [3.63, 3.8) is 0 Å². The molecule has 2 heterocycles. The Morgan fingerprint density at radius 2 is 2.47 bits per heavy atom. The maximum absolute atomic E-state index is 11.8. The highest BCUT2D eigenvalue weighted by molar-refractivity contribution is 8.06. The normalized spacial score (nSPS) is 20.2. The van der Waals surface area contributed by atoms with Gasteiger partial charge in [-0.3, -0.25) is 4.79 Å². The standard InChI is InChI=1S/C11H16N2O2S2/c12-4-9-3-8(6-15-9)11(14)13-5-10-7-16-1-2-17-10/h3,6,10H,1-2,4-5,7,12H2,(H,13,14). The summed E-state index contributed by atoms with van der Waals surface area (Å²) >= 11 is 3.88. The zero-order valence-electron chi connectivity index (χ0n) is 9.48. The summed E-state index contributed by atoms with van der Waals surface area (Å²) in [6, 6.07) is 1.69. The number of nitrogens with two attached hydrogens (primary N) is 1. The van der Waals surface area contributed by atoms with Gasteiger partial charge >= 0.3 is 0 Å². The second-order valence-corrected chi connectivity index (χ2v) is 6.34. The van der Waals surface area contributed by atoms with Crippen LogP contribution in [0.25, 0.3) is 0 Å². The van der Waals surface area contributed by atoms with Gasteiger partial charge in [-0.25, -0.2) is 0 Å². The lowest BCUT2D eigenvalue weighted by atomic mass is 10.3. The highest BCUT2D eigenvalue weighted by Crippen LogP contribution is 2.23. The summed E-state index contributed by atoms with van der Waals surface area (Å²) in [5, 5.41) is 3.46. The molecule has 4 nitrogen and oxygen atoms in total. The minimum atomic E-state index is -0.0791. The molecule has 0 bridgehead atoms. The van der Waals surface area contributed by atoms with Crippen molar-refractivity contribution in [1.82, 2.24) is 5.32 Å². The van der Waals surface area contributed by atoms with Crippen molar-refractivity contribution in [2.24, 2.45) is 5.73 Å². The molecular formula is C11H16N2O2S2. The third kappa shape index (κ3) is 3.69. The number of amides is 1. The van der Waals surface area contributed by atoms with Crippen LogP contribution in [0.2, 0.25) is 0 Å². The van der Waals surface area contributed by atoms with Crippen LogP contribution >= 0.6 is 23.5 Å². The van der Waals surface area contributed by atoms with Crippen molar-refractivity contribution in [1.29, 1.82) is 0 Å². The molecule has 1 aliphatic heterocycles. The first kappa shape index (κ1) is 12.9. The molecule has 1 aromatic rings. The second kappa shape index (κ2) is 6.37. The molecule has 0 radical (unpaired) electrons. The molecule has 1 amide bonds. The second-order valence-electron chi connectivity index (χ2n) is 3.78. The Hall–Kier alpha value is -0.590. The minimum absolute atomic E-state index is 0.0791. The van der Waals surface area contributed by atoms with Gasteiger partial charge < -0.3 is 15.5 Å². The van der Waals surface area contributed by atoms with Crippen LogP contribution in [-0.4, -0.2) is 35.0 Å². The van der Waals surface area contributed by atoms with E-state index in [1.807, 2.05) is 23.5 Å². The topological polar surface area (TPSA) is 68.3 Å². The Morgan fingerprint density at radius 3 is 3.12 bits per heavy atom. The highest BCUT2D eigenvalue weighted by atomic mass is 32.2. The van der Waals surface area contributed by atoms with Crippen molar-refractivity contribution >= 4 is 29.4 Å². The van der Waals surface area contributed by atoms with E-state index in [1.54, 1.807) is 6.07 Å². The van der Waals surface area contributed by atoms with E-state index in [4.69, 9.17) is 10.2 Å². The van der Waals surface area contributed by atoms with Gasteiger partial charge in [-0.2, -0.15) is 23.5 Å². The van der Waals surface area contributed by atoms with E-state index in [2.05, 4.69) is 5.32 Å². The largest absolute Gasteiger partial charge is 0.467 e. The Bertz CT molecular complexity index is 375. The van der Waals surface area contributed by atoms with E-state index >= 15 is 0 Å². The maximum Gasteiger partial charge on any atom is 0.254 e. The Kier molecular flexibility index (Phi) is 4.82. The van der Waals surface area contributed by atoms with E-state index in [0.717, 1.165) is 12.3 Å². The number of carbonyl (C=O) groups excluding carboxylic acids is 1. The molecule has 6 heteroatoms. The number of hydrogen-bond donors (Lipinski definition) is 2. The lowest BCUT2D eigenvalue weighted by Crippen LogP contribution is -2.33. The molecule has 1 saturated heterocycles. The van der Waals surface area contributed by atoms with Gasteiger partial charge in [-0.05, 0) is 6.07 Å². The van der Waals surface area contributed by atoms with Crippen LogP contribution in [0.4, 0.5) is 0 Å². The van der Waals surface area contributed by atoms with Crippen molar-refractivity contribution in [2.75, 3.05) is 23.8 Å². The van der Waals surface area contributed by atoms with E-state index in [9.17, 15) is 4.79 Å². The van der Waals surface area contributed by atoms with Gasteiger partial charge in [-0.15, -0.1) is 0 Å². The van der Waals surface area contributed by atoms with Gasteiger partial charge in [0.2, 0.25) is 0 Å². The fraction of sp³-hybridized carbons (Fsp3) is 0.545. The summed E-state index contributed by atoms with van der Waals surface area (Å²) in [5.41, 5.74) is 5.98. The predicted molar refractivity (Wildman–Crippen MR) is 72.5 cm³/mol. The van der Waals surface area contributed by atoms with Crippen LogP contribution in [0, 0.1) is 0 Å². The maximum atomic E-state index is 11.8. The highest BCUT2D eigenvalue weighted by Gasteiger charge is 2.16. The molecule has 1 unspecified atom stereocenters. The molecule has 0 aliphatic carbocycles. The first-order chi connectivity index (χ1) is 8.29. The van der Waals surface area contributed by atoms with Gasteiger partial charge in [0.05, 0.1) is 12.1 Å². The Balaban J connectivity index is 1.80. The molecule has 1 fully saturated rings. The van der Waals surface area contributed by atoms with Crippen molar-refractivity contribution in [3.8, 4) is 0 Å². The van der Waals surface area contributed by atoms with E-state index < -0.39 is 0 Å². The van der Waals surface area contributed by atoms with Crippen molar-refractivity contribution < 1.29 is 9.21 Å². The van der Waals surface area contributed by atoms with Crippen LogP contribution in [0.15, 0.2) is 16.7 Å². The third-order valence-electron chi connectivity index (χ3n) is 2.49. The molecule has 1 aromatic heterocycles. The van der Waals surface area contributed by atoms with Gasteiger partial charge in [0.15, 0.2) is 0 Å². The minimum Gasteiger partial charge on any atom is -0.467 e. The molecule has 0 saturated carbocycles. The zero-order chi connectivity index (χ0) is 12.1. The number of furan rings is 1. The number of nitrogens with one attached hydrogen (secondary N) is 1. The molecule has 2 rings (SSSR count). The molecule has 0 spiro atoms. The predicted octanol–water partition coefficient (Wildman–Crippen LogP) is 1.32. The third-order valence-corrected chi connectivity index (χ3v) is 5.34. The Morgan fingerprint density at radius 1 is 1.59 bits per heavy atom. The molecule has 0 aromatic carbocycles. The van der Waals surface area contributed by atoms with Gasteiger partial charge in [-0.1, -0.05) is 0 Å². The molecule has 3 N–H and O–H groups in total. The van der Waals surface area contributed by atoms with Gasteiger partial charge in [0, 0.05) is 29.1 Å². The molecule has 17 heavy (non-hydrogen) atoms. The monoisotopic (exact) mass is 272 g/mol. The smallest absolute Gasteiger partial charge is 0.254 e. The quantitative estimate of drug-likeness (QED) is 0.865. The van der Waals surface area contributed by atoms with Crippen LogP contribution in [0.5, 0.6) is 0 Å². The van der Waals surface area contributed by atoms with Gasteiger partial charge in [0.25, 0.3) is 5.91 Å². The SMILES string of the molecule is NCc1cc(C(=O)NCC2CSCCS2)co1. The summed E-state index contributed by atoms with van der Waals surface area (Å²) in [6.45, 7) is 1.04. The summed E-state index contributed by atoms with van der Waals surface area (Å²) < 4.78 is 5.13. The van der Waals surface area contributed by atoms with Gasteiger partial charge in [0.1, 0.15) is 12.0 Å². The lowest BCUT2D eigenvalue weighted by Gasteiger charge is -2.20. The van der Waals surface area contributed by atoms with Crippen molar-refractivity contribution in [2.45, 2.75) is 11.8 Å². The average Bonchev–Trinajstić information content (AvgIpc) is 2.86. The Labute approximate surface area is 109 Å². The first-order valence-electron chi connectivity index (χ1n) is 5.54. The van der Waals surface area contributed by atoms with Crippen LogP contribution < -0.4 is 11.1 Å². The van der Waals surface area contributed by atoms with E-state index in [0.29, 0.717) is 23.1 Å². The zero-order valence-corrected chi connectivity index (χ0v) is 11.1. The van der Waals surface area contributed by atoms with Crippen LogP contribution in [-0.2, 0) is 6.54 Å². The number of rotatable bonds is 4. The molecule has 1 atom stereocenters. The summed E-state index contributed by atoms with van der Waals surface area (Å²) in [7, 11) is 0. The molecular weight excluding hydrogens is 256 g/mol. The van der Waals surface area contributed by atoms with E-state index in [1.165, 1.54) is 17.8 Å². The van der Waals surface area contributed by atoms with Crippen molar-refractivity contribution in [3.05, 3.63) is 23.7 Å². The summed E-state index contributed by atoms with van der Waals surface area (Å²) in [4.78, 5) is 11.8. The first-order valence-corrected chi connectivity index (χ1v) is 7.75. The lowest BCUT2D eigenvalue weighted by molar-refractivity contribution is 0.0953.